The van der Waals surface area contributed by atoms with Crippen LogP contribution in [0.25, 0.3) is 0 Å². The molecule has 0 unspecified atom stereocenters. The van der Waals surface area contributed by atoms with Gasteiger partial charge in [0.2, 0.25) is 5.91 Å². The lowest BCUT2D eigenvalue weighted by Gasteiger charge is -2.13. The standard InChI is InChI=1S/C23H21F2N3O3/c1-2-15-5-3-6-18(11-15)27-21(29)14-28-20(7-4-8-22(28)30)23(31)26-13-16-9-10-17(24)12-19(16)25/h3-12H,2,13-14H2,1H3,(H,26,31)(H,27,29). The molecule has 2 amide bonds. The summed E-state index contributed by atoms with van der Waals surface area (Å²) in [7, 11) is 0. The predicted octanol–water partition coefficient (Wildman–Crippen LogP) is 3.26. The molecule has 0 aliphatic rings. The average molecular weight is 425 g/mol. The highest BCUT2D eigenvalue weighted by Crippen LogP contribution is 2.12. The van der Waals surface area contributed by atoms with E-state index in [0.717, 1.165) is 28.7 Å². The predicted molar refractivity (Wildman–Crippen MR) is 113 cm³/mol. The van der Waals surface area contributed by atoms with Crippen LogP contribution in [0.15, 0.2) is 65.5 Å². The number of carbonyl (C=O) groups is 2. The zero-order valence-electron chi connectivity index (χ0n) is 16.8. The highest BCUT2D eigenvalue weighted by atomic mass is 19.1. The number of benzene rings is 2. The molecule has 1 heterocycles. The van der Waals surface area contributed by atoms with Gasteiger partial charge < -0.3 is 10.6 Å². The van der Waals surface area contributed by atoms with Gasteiger partial charge >= 0.3 is 0 Å². The minimum atomic E-state index is -0.792. The number of nitrogens with one attached hydrogen (secondary N) is 2. The van der Waals surface area contributed by atoms with Crippen LogP contribution in [0, 0.1) is 11.6 Å². The number of hydrogen-bond acceptors (Lipinski definition) is 3. The minimum absolute atomic E-state index is 0.0486. The third kappa shape index (κ3) is 5.63. The van der Waals surface area contributed by atoms with Crippen LogP contribution in [0.1, 0.15) is 28.5 Å². The zero-order valence-corrected chi connectivity index (χ0v) is 16.8. The molecule has 0 bridgehead atoms. The van der Waals surface area contributed by atoms with Crippen molar-refractivity contribution >= 4 is 17.5 Å². The van der Waals surface area contributed by atoms with Crippen LogP contribution in [0.3, 0.4) is 0 Å². The summed E-state index contributed by atoms with van der Waals surface area (Å²) in [5.41, 5.74) is 1.15. The Morgan fingerprint density at radius 3 is 2.52 bits per heavy atom. The Bertz CT molecular complexity index is 1170. The number of pyridine rings is 1. The fourth-order valence-electron chi connectivity index (χ4n) is 3.03. The first-order chi connectivity index (χ1) is 14.9. The van der Waals surface area contributed by atoms with Crippen LogP contribution in [0.2, 0.25) is 0 Å². The molecular formula is C23H21F2N3O3. The van der Waals surface area contributed by atoms with E-state index < -0.39 is 29.0 Å². The molecule has 0 atom stereocenters. The van der Waals surface area contributed by atoms with E-state index in [2.05, 4.69) is 10.6 Å². The summed E-state index contributed by atoms with van der Waals surface area (Å²) in [6.45, 7) is 1.42. The van der Waals surface area contributed by atoms with Crippen molar-refractivity contribution in [2.45, 2.75) is 26.4 Å². The van der Waals surface area contributed by atoms with Gasteiger partial charge in [-0.1, -0.05) is 31.2 Å². The normalized spacial score (nSPS) is 10.5. The molecule has 8 heteroatoms. The number of aromatic nitrogens is 1. The Morgan fingerprint density at radius 1 is 1.00 bits per heavy atom. The molecule has 6 nitrogen and oxygen atoms in total. The van der Waals surface area contributed by atoms with Crippen molar-refractivity contribution in [1.82, 2.24) is 9.88 Å². The number of halogens is 2. The molecule has 31 heavy (non-hydrogen) atoms. The number of rotatable bonds is 7. The first-order valence-electron chi connectivity index (χ1n) is 9.68. The summed E-state index contributed by atoms with van der Waals surface area (Å²) in [4.78, 5) is 37.4. The van der Waals surface area contributed by atoms with Crippen LogP contribution >= 0.6 is 0 Å². The molecule has 0 spiro atoms. The molecule has 3 aromatic rings. The SMILES string of the molecule is CCc1cccc(NC(=O)Cn2c(C(=O)NCc3ccc(F)cc3F)cccc2=O)c1. The summed E-state index contributed by atoms with van der Waals surface area (Å²) >= 11 is 0. The van der Waals surface area contributed by atoms with E-state index in [9.17, 15) is 23.2 Å². The van der Waals surface area contributed by atoms with Crippen LogP contribution in [-0.4, -0.2) is 16.4 Å². The highest BCUT2D eigenvalue weighted by molar-refractivity contribution is 5.94. The van der Waals surface area contributed by atoms with Gasteiger partial charge in [0.15, 0.2) is 0 Å². The Hall–Kier alpha value is -3.81. The number of amides is 2. The summed E-state index contributed by atoms with van der Waals surface area (Å²) in [5, 5.41) is 5.20. The van der Waals surface area contributed by atoms with Gasteiger partial charge in [-0.25, -0.2) is 8.78 Å². The topological polar surface area (TPSA) is 80.2 Å². The van der Waals surface area contributed by atoms with Gasteiger partial charge in [0.05, 0.1) is 0 Å². The van der Waals surface area contributed by atoms with Gasteiger partial charge in [0, 0.05) is 29.9 Å². The van der Waals surface area contributed by atoms with Gasteiger partial charge in [-0.3, -0.25) is 19.0 Å². The fourth-order valence-corrected chi connectivity index (χ4v) is 3.03. The van der Waals surface area contributed by atoms with E-state index in [1.54, 1.807) is 6.07 Å². The van der Waals surface area contributed by atoms with E-state index in [1.807, 2.05) is 25.1 Å². The lowest BCUT2D eigenvalue weighted by atomic mass is 10.1. The second kappa shape index (κ2) is 9.80. The van der Waals surface area contributed by atoms with Crippen molar-refractivity contribution < 1.29 is 18.4 Å². The summed E-state index contributed by atoms with van der Waals surface area (Å²) < 4.78 is 27.8. The third-order valence-electron chi connectivity index (χ3n) is 4.66. The smallest absolute Gasteiger partial charge is 0.268 e. The second-order valence-electron chi connectivity index (χ2n) is 6.86. The maximum absolute atomic E-state index is 13.8. The Balaban J connectivity index is 1.73. The fraction of sp³-hybridized carbons (Fsp3) is 0.174. The van der Waals surface area contributed by atoms with E-state index in [0.29, 0.717) is 5.69 Å². The second-order valence-corrected chi connectivity index (χ2v) is 6.86. The molecule has 2 aromatic carbocycles. The van der Waals surface area contributed by atoms with Gasteiger partial charge in [0.25, 0.3) is 11.5 Å². The number of anilines is 1. The van der Waals surface area contributed by atoms with E-state index >= 15 is 0 Å². The number of carbonyl (C=O) groups excluding carboxylic acids is 2. The summed E-state index contributed by atoms with van der Waals surface area (Å²) in [6, 6.07) is 14.4. The zero-order chi connectivity index (χ0) is 22.4. The average Bonchev–Trinajstić information content (AvgIpc) is 2.74. The Labute approximate surface area is 177 Å². The molecule has 0 saturated carbocycles. The van der Waals surface area contributed by atoms with Crippen molar-refractivity contribution in [3.05, 3.63) is 99.5 Å². The quantitative estimate of drug-likeness (QED) is 0.610. The molecule has 3 rings (SSSR count). The minimum Gasteiger partial charge on any atom is -0.347 e. The lowest BCUT2D eigenvalue weighted by molar-refractivity contribution is -0.116. The third-order valence-corrected chi connectivity index (χ3v) is 4.66. The van der Waals surface area contributed by atoms with Gasteiger partial charge in [-0.2, -0.15) is 0 Å². The molecule has 0 aliphatic carbocycles. The van der Waals surface area contributed by atoms with Crippen molar-refractivity contribution in [3.63, 3.8) is 0 Å². The van der Waals surface area contributed by atoms with Gasteiger partial charge in [-0.05, 0) is 36.2 Å². The number of hydrogen-bond donors (Lipinski definition) is 2. The van der Waals surface area contributed by atoms with Gasteiger partial charge in [-0.15, -0.1) is 0 Å². The molecule has 0 saturated heterocycles. The molecule has 0 radical (unpaired) electrons. The Morgan fingerprint density at radius 2 is 1.77 bits per heavy atom. The van der Waals surface area contributed by atoms with E-state index in [4.69, 9.17) is 0 Å². The first-order valence-corrected chi connectivity index (χ1v) is 9.68. The highest BCUT2D eigenvalue weighted by Gasteiger charge is 2.15. The van der Waals surface area contributed by atoms with Crippen LogP contribution in [0.4, 0.5) is 14.5 Å². The monoisotopic (exact) mass is 425 g/mol. The number of aryl methyl sites for hydroxylation is 1. The van der Waals surface area contributed by atoms with Crippen molar-refractivity contribution in [2.75, 3.05) is 5.32 Å². The molecule has 0 fully saturated rings. The first kappa shape index (κ1) is 21.9. The lowest BCUT2D eigenvalue weighted by Crippen LogP contribution is -2.34. The summed E-state index contributed by atoms with van der Waals surface area (Å²) in [5.74, 6) is -2.65. The molecule has 2 N–H and O–H groups in total. The molecule has 0 aliphatic heterocycles. The molecular weight excluding hydrogens is 404 g/mol. The molecule has 1 aromatic heterocycles. The van der Waals surface area contributed by atoms with Crippen molar-refractivity contribution in [2.24, 2.45) is 0 Å². The van der Waals surface area contributed by atoms with Crippen LogP contribution in [-0.2, 0) is 24.3 Å². The maximum Gasteiger partial charge on any atom is 0.268 e. The largest absolute Gasteiger partial charge is 0.347 e. The maximum atomic E-state index is 13.8. The van der Waals surface area contributed by atoms with Crippen molar-refractivity contribution in [1.29, 1.82) is 0 Å². The van der Waals surface area contributed by atoms with E-state index in [1.165, 1.54) is 24.3 Å². The molecule has 160 valence electrons. The van der Waals surface area contributed by atoms with Crippen LogP contribution < -0.4 is 16.2 Å². The van der Waals surface area contributed by atoms with Crippen molar-refractivity contribution in [3.8, 4) is 0 Å². The van der Waals surface area contributed by atoms with Gasteiger partial charge in [0.1, 0.15) is 23.9 Å². The van der Waals surface area contributed by atoms with E-state index in [-0.39, 0.29) is 24.3 Å². The van der Waals surface area contributed by atoms with Crippen LogP contribution in [0.5, 0.6) is 0 Å². The Kier molecular flexibility index (Phi) is 6.92. The summed E-state index contributed by atoms with van der Waals surface area (Å²) in [6.07, 6.45) is 0.806. The number of nitrogens with zero attached hydrogens (tertiary/aromatic N) is 1.